The normalized spacial score (nSPS) is 17.4. The molecule has 3 rings (SSSR count). The van der Waals surface area contributed by atoms with Gasteiger partial charge in [-0.2, -0.15) is 5.10 Å². The predicted octanol–water partition coefficient (Wildman–Crippen LogP) is 1.37. The van der Waals surface area contributed by atoms with Crippen molar-refractivity contribution in [2.45, 2.75) is 25.9 Å². The van der Waals surface area contributed by atoms with Crippen molar-refractivity contribution in [3.63, 3.8) is 0 Å². The SMILES string of the molecule is Cc1cc(C(=O)N2Cc3ccccc3C[C@H]2C(=O)O)n[nH]1. The molecule has 2 heterocycles. The van der Waals surface area contributed by atoms with Gasteiger partial charge in [0, 0.05) is 18.7 Å². The van der Waals surface area contributed by atoms with Gasteiger partial charge in [0.15, 0.2) is 0 Å². The molecule has 2 N–H and O–H groups in total. The van der Waals surface area contributed by atoms with E-state index in [1.165, 1.54) is 4.90 Å². The number of fused-ring (bicyclic) bond motifs is 1. The lowest BCUT2D eigenvalue weighted by Crippen LogP contribution is -2.48. The lowest BCUT2D eigenvalue weighted by Gasteiger charge is -2.33. The molecule has 0 spiro atoms. The Morgan fingerprint density at radius 3 is 2.67 bits per heavy atom. The van der Waals surface area contributed by atoms with E-state index in [4.69, 9.17) is 0 Å². The average Bonchev–Trinajstić information content (AvgIpc) is 2.91. The second-order valence-corrected chi connectivity index (χ2v) is 5.20. The van der Waals surface area contributed by atoms with Crippen LogP contribution in [0.2, 0.25) is 0 Å². The monoisotopic (exact) mass is 285 g/mol. The second-order valence-electron chi connectivity index (χ2n) is 5.20. The van der Waals surface area contributed by atoms with Crippen LogP contribution in [0.1, 0.15) is 27.3 Å². The zero-order valence-electron chi connectivity index (χ0n) is 11.5. The predicted molar refractivity (Wildman–Crippen MR) is 74.8 cm³/mol. The number of aryl methyl sites for hydroxylation is 1. The topological polar surface area (TPSA) is 86.3 Å². The Morgan fingerprint density at radius 1 is 1.33 bits per heavy atom. The average molecular weight is 285 g/mol. The first kappa shape index (κ1) is 13.4. The van der Waals surface area contributed by atoms with Gasteiger partial charge in [0.25, 0.3) is 5.91 Å². The molecule has 1 aromatic heterocycles. The summed E-state index contributed by atoms with van der Waals surface area (Å²) in [6, 6.07) is 8.37. The van der Waals surface area contributed by atoms with Gasteiger partial charge in [-0.25, -0.2) is 4.79 Å². The summed E-state index contributed by atoms with van der Waals surface area (Å²) in [4.78, 5) is 25.4. The Bertz CT molecular complexity index is 708. The minimum Gasteiger partial charge on any atom is -0.480 e. The third-order valence-electron chi connectivity index (χ3n) is 3.72. The van der Waals surface area contributed by atoms with Crippen LogP contribution in [0, 0.1) is 6.92 Å². The first-order valence-electron chi connectivity index (χ1n) is 6.69. The Hall–Kier alpha value is -2.63. The van der Waals surface area contributed by atoms with E-state index in [-0.39, 0.29) is 18.1 Å². The highest BCUT2D eigenvalue weighted by molar-refractivity contribution is 5.95. The number of aromatic amines is 1. The molecule has 108 valence electrons. The molecule has 21 heavy (non-hydrogen) atoms. The number of carbonyl (C=O) groups is 2. The number of aliphatic carboxylic acids is 1. The van der Waals surface area contributed by atoms with Crippen molar-refractivity contribution in [3.8, 4) is 0 Å². The van der Waals surface area contributed by atoms with E-state index in [2.05, 4.69) is 10.2 Å². The Morgan fingerprint density at radius 2 is 2.05 bits per heavy atom. The minimum atomic E-state index is -0.995. The fourth-order valence-electron chi connectivity index (χ4n) is 2.63. The quantitative estimate of drug-likeness (QED) is 0.872. The Balaban J connectivity index is 1.96. The minimum absolute atomic E-state index is 0.248. The van der Waals surface area contributed by atoms with Gasteiger partial charge < -0.3 is 10.0 Å². The molecule has 1 aliphatic heterocycles. The third kappa shape index (κ3) is 2.40. The van der Waals surface area contributed by atoms with Gasteiger partial charge in [-0.3, -0.25) is 9.89 Å². The summed E-state index contributed by atoms with van der Waals surface area (Å²) >= 11 is 0. The molecule has 0 bridgehead atoms. The van der Waals surface area contributed by atoms with Gasteiger partial charge in [-0.05, 0) is 24.1 Å². The fourth-order valence-corrected chi connectivity index (χ4v) is 2.63. The molecule has 0 radical (unpaired) electrons. The molecule has 0 saturated carbocycles. The zero-order valence-corrected chi connectivity index (χ0v) is 11.5. The summed E-state index contributed by atoms with van der Waals surface area (Å²) in [5, 5.41) is 16.1. The highest BCUT2D eigenvalue weighted by Gasteiger charge is 2.35. The standard InChI is InChI=1S/C15H15N3O3/c1-9-6-12(17-16-9)14(19)18-8-11-5-3-2-4-10(11)7-13(18)15(20)21/h2-6,13H,7-8H2,1H3,(H,16,17)(H,20,21)/t13-/m0/s1. The summed E-state index contributed by atoms with van der Waals surface area (Å²) in [6.45, 7) is 2.09. The Labute approximate surface area is 121 Å². The van der Waals surface area contributed by atoms with Crippen LogP contribution in [0.4, 0.5) is 0 Å². The molecule has 6 nitrogen and oxygen atoms in total. The molecule has 6 heteroatoms. The Kier molecular flexibility index (Phi) is 3.21. The number of H-pyrrole nitrogens is 1. The van der Waals surface area contributed by atoms with E-state index in [9.17, 15) is 14.7 Å². The number of hydrogen-bond acceptors (Lipinski definition) is 3. The largest absolute Gasteiger partial charge is 0.480 e. The molecular weight excluding hydrogens is 270 g/mol. The van der Waals surface area contributed by atoms with Gasteiger partial charge in [-0.15, -0.1) is 0 Å². The number of carboxylic acid groups (broad SMARTS) is 1. The van der Waals surface area contributed by atoms with E-state index in [1.807, 2.05) is 24.3 Å². The molecule has 1 aliphatic rings. The van der Waals surface area contributed by atoms with Crippen LogP contribution < -0.4 is 0 Å². The maximum absolute atomic E-state index is 12.5. The molecule has 0 unspecified atom stereocenters. The second kappa shape index (κ2) is 5.05. The lowest BCUT2D eigenvalue weighted by molar-refractivity contribution is -0.142. The highest BCUT2D eigenvalue weighted by Crippen LogP contribution is 2.24. The first-order chi connectivity index (χ1) is 10.1. The summed E-state index contributed by atoms with van der Waals surface area (Å²) < 4.78 is 0. The number of rotatable bonds is 2. The van der Waals surface area contributed by atoms with Crippen molar-refractivity contribution >= 4 is 11.9 Å². The number of nitrogens with one attached hydrogen (secondary N) is 1. The number of amides is 1. The maximum atomic E-state index is 12.5. The molecule has 0 saturated heterocycles. The first-order valence-corrected chi connectivity index (χ1v) is 6.69. The molecule has 1 amide bonds. The van der Waals surface area contributed by atoms with Crippen molar-refractivity contribution < 1.29 is 14.7 Å². The van der Waals surface area contributed by atoms with E-state index in [0.29, 0.717) is 6.42 Å². The van der Waals surface area contributed by atoms with Gasteiger partial charge in [-0.1, -0.05) is 24.3 Å². The van der Waals surface area contributed by atoms with Crippen LogP contribution in [0.25, 0.3) is 0 Å². The van der Waals surface area contributed by atoms with Crippen molar-refractivity contribution in [2.75, 3.05) is 0 Å². The van der Waals surface area contributed by atoms with Gasteiger partial charge in [0.2, 0.25) is 0 Å². The van der Waals surface area contributed by atoms with Crippen LogP contribution in [-0.2, 0) is 17.8 Å². The molecule has 1 aromatic carbocycles. The fraction of sp³-hybridized carbons (Fsp3) is 0.267. The smallest absolute Gasteiger partial charge is 0.326 e. The van der Waals surface area contributed by atoms with Crippen LogP contribution in [0.3, 0.4) is 0 Å². The van der Waals surface area contributed by atoms with Crippen molar-refractivity contribution in [2.24, 2.45) is 0 Å². The number of aromatic nitrogens is 2. The number of hydrogen-bond donors (Lipinski definition) is 2. The lowest BCUT2D eigenvalue weighted by atomic mass is 9.93. The number of nitrogens with zero attached hydrogens (tertiary/aromatic N) is 2. The maximum Gasteiger partial charge on any atom is 0.326 e. The summed E-state index contributed by atoms with van der Waals surface area (Å²) in [6.07, 6.45) is 0.320. The molecule has 0 fully saturated rings. The van der Waals surface area contributed by atoms with Crippen LogP contribution >= 0.6 is 0 Å². The van der Waals surface area contributed by atoms with Crippen molar-refractivity contribution in [1.82, 2.24) is 15.1 Å². The van der Waals surface area contributed by atoms with Crippen LogP contribution in [-0.4, -0.2) is 38.1 Å². The number of benzene rings is 1. The van der Waals surface area contributed by atoms with E-state index < -0.39 is 12.0 Å². The van der Waals surface area contributed by atoms with Gasteiger partial charge in [0.1, 0.15) is 11.7 Å². The molecule has 1 atom stereocenters. The van der Waals surface area contributed by atoms with Crippen LogP contribution in [0.15, 0.2) is 30.3 Å². The highest BCUT2D eigenvalue weighted by atomic mass is 16.4. The van der Waals surface area contributed by atoms with Crippen LogP contribution in [0.5, 0.6) is 0 Å². The summed E-state index contributed by atoms with van der Waals surface area (Å²) in [7, 11) is 0. The van der Waals surface area contributed by atoms with E-state index in [1.54, 1.807) is 13.0 Å². The van der Waals surface area contributed by atoms with Gasteiger partial charge in [0.05, 0.1) is 0 Å². The third-order valence-corrected chi connectivity index (χ3v) is 3.72. The van der Waals surface area contributed by atoms with Crippen molar-refractivity contribution in [3.05, 3.63) is 52.8 Å². The summed E-state index contributed by atoms with van der Waals surface area (Å²) in [5.41, 5.74) is 2.98. The molecule has 2 aromatic rings. The van der Waals surface area contributed by atoms with E-state index in [0.717, 1.165) is 16.8 Å². The number of carboxylic acids is 1. The summed E-state index contributed by atoms with van der Waals surface area (Å²) in [5.74, 6) is -1.36. The van der Waals surface area contributed by atoms with Crippen molar-refractivity contribution in [1.29, 1.82) is 0 Å². The van der Waals surface area contributed by atoms with E-state index >= 15 is 0 Å². The molecular formula is C15H15N3O3. The molecule has 0 aliphatic carbocycles. The number of carbonyl (C=O) groups excluding carboxylic acids is 1. The zero-order chi connectivity index (χ0) is 15.0. The van der Waals surface area contributed by atoms with Gasteiger partial charge >= 0.3 is 5.97 Å².